The van der Waals surface area contributed by atoms with Gasteiger partial charge >= 0.3 is 0 Å². The van der Waals surface area contributed by atoms with Crippen molar-refractivity contribution in [3.8, 4) is 0 Å². The van der Waals surface area contributed by atoms with Crippen LogP contribution in [0.2, 0.25) is 0 Å². The van der Waals surface area contributed by atoms with Crippen LogP contribution in [-0.2, 0) is 9.59 Å². The highest BCUT2D eigenvalue weighted by molar-refractivity contribution is 5.80. The van der Waals surface area contributed by atoms with Crippen LogP contribution >= 0.6 is 0 Å². The van der Waals surface area contributed by atoms with Crippen molar-refractivity contribution in [1.29, 1.82) is 0 Å². The molecule has 2 N–H and O–H groups in total. The summed E-state index contributed by atoms with van der Waals surface area (Å²) in [7, 11) is 0. The van der Waals surface area contributed by atoms with Crippen molar-refractivity contribution in [3.63, 3.8) is 0 Å². The van der Waals surface area contributed by atoms with Gasteiger partial charge in [-0.25, -0.2) is 0 Å². The van der Waals surface area contributed by atoms with E-state index >= 15 is 0 Å². The lowest BCUT2D eigenvalue weighted by atomic mass is 10.0. The Bertz CT molecular complexity index is 202. The zero-order valence-corrected chi connectivity index (χ0v) is 9.58. The number of rotatable bonds is 8. The number of nitrogens with one attached hydrogen (secondary N) is 1. The third-order valence-electron chi connectivity index (χ3n) is 2.21. The Morgan fingerprint density at radius 2 is 1.87 bits per heavy atom. The Morgan fingerprint density at radius 3 is 2.40 bits per heavy atom. The van der Waals surface area contributed by atoms with Gasteiger partial charge in [0.1, 0.15) is 12.4 Å². The number of aliphatic hydroxyl groups is 1. The van der Waals surface area contributed by atoms with E-state index in [1.807, 2.05) is 13.8 Å². The number of carbonyl (C=O) groups is 2. The van der Waals surface area contributed by atoms with Gasteiger partial charge in [-0.05, 0) is 12.8 Å². The van der Waals surface area contributed by atoms with Gasteiger partial charge < -0.3 is 10.4 Å². The number of hydrogen-bond acceptors (Lipinski definition) is 3. The molecule has 0 rings (SSSR count). The number of amides is 1. The Hall–Kier alpha value is -0.900. The van der Waals surface area contributed by atoms with Gasteiger partial charge in [0.15, 0.2) is 0 Å². The first-order valence-electron chi connectivity index (χ1n) is 5.48. The van der Waals surface area contributed by atoms with Crippen molar-refractivity contribution in [2.24, 2.45) is 5.92 Å². The largest absolute Gasteiger partial charge is 0.387 e. The number of aliphatic hydroxyl groups excluding tert-OH is 1. The van der Waals surface area contributed by atoms with Crippen molar-refractivity contribution in [2.75, 3.05) is 13.2 Å². The standard InChI is InChI=1S/C11H21NO3/c1-9(2)10(14)6-4-3-5-7-12-11(15)8-13/h9,13H,3-8H2,1-2H3,(H,12,15). The normalized spacial score (nSPS) is 10.4. The van der Waals surface area contributed by atoms with E-state index in [0.29, 0.717) is 18.7 Å². The molecule has 0 fully saturated rings. The number of unbranched alkanes of at least 4 members (excludes halogenated alkanes) is 2. The lowest BCUT2D eigenvalue weighted by molar-refractivity contribution is -0.124. The molecular formula is C11H21NO3. The average molecular weight is 215 g/mol. The molecule has 4 heteroatoms. The molecule has 0 aliphatic rings. The molecule has 0 heterocycles. The second-order valence-electron chi connectivity index (χ2n) is 3.94. The van der Waals surface area contributed by atoms with Crippen LogP contribution in [0.3, 0.4) is 0 Å². The summed E-state index contributed by atoms with van der Waals surface area (Å²) < 4.78 is 0. The van der Waals surface area contributed by atoms with Crippen LogP contribution in [-0.4, -0.2) is 29.9 Å². The predicted octanol–water partition coefficient (Wildman–Crippen LogP) is 0.880. The second kappa shape index (κ2) is 8.41. The second-order valence-corrected chi connectivity index (χ2v) is 3.94. The Labute approximate surface area is 91.1 Å². The smallest absolute Gasteiger partial charge is 0.245 e. The molecule has 0 spiro atoms. The van der Waals surface area contributed by atoms with E-state index in [-0.39, 0.29) is 11.8 Å². The lowest BCUT2D eigenvalue weighted by Crippen LogP contribution is -2.27. The highest BCUT2D eigenvalue weighted by atomic mass is 16.3. The quantitative estimate of drug-likeness (QED) is 0.591. The molecule has 88 valence electrons. The maximum atomic E-state index is 11.2. The first kappa shape index (κ1) is 14.1. The summed E-state index contributed by atoms with van der Waals surface area (Å²) in [5, 5.41) is 11.0. The fourth-order valence-electron chi connectivity index (χ4n) is 1.17. The molecule has 0 aliphatic carbocycles. The summed E-state index contributed by atoms with van der Waals surface area (Å²) in [4.78, 5) is 21.9. The molecule has 0 saturated carbocycles. The summed E-state index contributed by atoms with van der Waals surface area (Å²) in [5.41, 5.74) is 0. The third-order valence-corrected chi connectivity index (χ3v) is 2.21. The fraction of sp³-hybridized carbons (Fsp3) is 0.818. The molecule has 0 radical (unpaired) electrons. The Kier molecular flexibility index (Phi) is 7.91. The van der Waals surface area contributed by atoms with E-state index in [0.717, 1.165) is 19.3 Å². The molecule has 0 aromatic rings. The van der Waals surface area contributed by atoms with E-state index in [4.69, 9.17) is 5.11 Å². The SMILES string of the molecule is CC(C)C(=O)CCCCCNC(=O)CO. The topological polar surface area (TPSA) is 66.4 Å². The van der Waals surface area contributed by atoms with Crippen LogP contribution in [0.1, 0.15) is 39.5 Å². The average Bonchev–Trinajstić information content (AvgIpc) is 2.22. The van der Waals surface area contributed by atoms with Crippen LogP contribution in [0.25, 0.3) is 0 Å². The summed E-state index contributed by atoms with van der Waals surface area (Å²) in [6.45, 7) is 3.94. The zero-order chi connectivity index (χ0) is 11.7. The van der Waals surface area contributed by atoms with Gasteiger partial charge in [-0.15, -0.1) is 0 Å². The van der Waals surface area contributed by atoms with Crippen LogP contribution in [0, 0.1) is 5.92 Å². The molecule has 15 heavy (non-hydrogen) atoms. The van der Waals surface area contributed by atoms with Crippen molar-refractivity contribution >= 4 is 11.7 Å². The van der Waals surface area contributed by atoms with Gasteiger partial charge in [0.2, 0.25) is 5.91 Å². The molecular weight excluding hydrogens is 194 g/mol. The summed E-state index contributed by atoms with van der Waals surface area (Å²) in [6, 6.07) is 0. The number of carbonyl (C=O) groups excluding carboxylic acids is 2. The highest BCUT2D eigenvalue weighted by Gasteiger charge is 2.05. The molecule has 1 amide bonds. The summed E-state index contributed by atoms with van der Waals surface area (Å²) >= 11 is 0. The van der Waals surface area contributed by atoms with E-state index in [1.165, 1.54) is 0 Å². The monoisotopic (exact) mass is 215 g/mol. The van der Waals surface area contributed by atoms with E-state index in [2.05, 4.69) is 5.32 Å². The van der Waals surface area contributed by atoms with Crippen LogP contribution in [0.15, 0.2) is 0 Å². The predicted molar refractivity (Wildman–Crippen MR) is 58.4 cm³/mol. The number of ketones is 1. The minimum absolute atomic E-state index is 0.124. The van der Waals surface area contributed by atoms with Gasteiger partial charge in [0.05, 0.1) is 0 Å². The Balaban J connectivity index is 3.25. The maximum Gasteiger partial charge on any atom is 0.245 e. The molecule has 0 bridgehead atoms. The van der Waals surface area contributed by atoms with E-state index in [1.54, 1.807) is 0 Å². The summed E-state index contributed by atoms with van der Waals surface area (Å²) in [6.07, 6.45) is 3.30. The van der Waals surface area contributed by atoms with Crippen molar-refractivity contribution < 1.29 is 14.7 Å². The highest BCUT2D eigenvalue weighted by Crippen LogP contribution is 2.05. The summed E-state index contributed by atoms with van der Waals surface area (Å²) in [5.74, 6) is 0.0849. The fourth-order valence-corrected chi connectivity index (χ4v) is 1.17. The molecule has 0 atom stereocenters. The van der Waals surface area contributed by atoms with Gasteiger partial charge in [0.25, 0.3) is 0 Å². The van der Waals surface area contributed by atoms with Crippen LogP contribution in [0.5, 0.6) is 0 Å². The maximum absolute atomic E-state index is 11.2. The lowest BCUT2D eigenvalue weighted by Gasteiger charge is -2.04. The van der Waals surface area contributed by atoms with Gasteiger partial charge in [-0.1, -0.05) is 20.3 Å². The van der Waals surface area contributed by atoms with Gasteiger partial charge in [-0.2, -0.15) is 0 Å². The molecule has 0 unspecified atom stereocenters. The Morgan fingerprint density at radius 1 is 1.20 bits per heavy atom. The van der Waals surface area contributed by atoms with Crippen molar-refractivity contribution in [2.45, 2.75) is 39.5 Å². The van der Waals surface area contributed by atoms with E-state index in [9.17, 15) is 9.59 Å². The number of hydrogen-bond donors (Lipinski definition) is 2. The first-order valence-corrected chi connectivity index (χ1v) is 5.48. The molecule has 0 aromatic carbocycles. The molecule has 4 nitrogen and oxygen atoms in total. The van der Waals surface area contributed by atoms with Crippen LogP contribution < -0.4 is 5.32 Å². The zero-order valence-electron chi connectivity index (χ0n) is 9.58. The minimum Gasteiger partial charge on any atom is -0.387 e. The van der Waals surface area contributed by atoms with E-state index < -0.39 is 6.61 Å². The first-order chi connectivity index (χ1) is 7.07. The van der Waals surface area contributed by atoms with Crippen molar-refractivity contribution in [1.82, 2.24) is 5.32 Å². The van der Waals surface area contributed by atoms with Crippen LogP contribution in [0.4, 0.5) is 0 Å². The minimum atomic E-state index is -0.453. The molecule has 0 saturated heterocycles. The molecule has 0 aliphatic heterocycles. The van der Waals surface area contributed by atoms with Gasteiger partial charge in [0, 0.05) is 18.9 Å². The van der Waals surface area contributed by atoms with Crippen molar-refractivity contribution in [3.05, 3.63) is 0 Å². The number of Topliss-reactive ketones (excluding diaryl/α,β-unsaturated/α-hetero) is 1. The molecule has 0 aromatic heterocycles. The third kappa shape index (κ3) is 8.12. The van der Waals surface area contributed by atoms with Gasteiger partial charge in [-0.3, -0.25) is 9.59 Å².